The molecular weight excluding hydrogens is 288 g/mol. The van der Waals surface area contributed by atoms with Crippen LogP contribution in [0.4, 0.5) is 4.79 Å². The maximum atomic E-state index is 11.9. The van der Waals surface area contributed by atoms with Crippen LogP contribution in [-0.4, -0.2) is 22.1 Å². The molecule has 7 heteroatoms. The summed E-state index contributed by atoms with van der Waals surface area (Å²) in [6.07, 6.45) is 1.51. The third-order valence-electron chi connectivity index (χ3n) is 3.16. The Labute approximate surface area is 126 Å². The molecule has 0 radical (unpaired) electrons. The first-order valence-electron chi connectivity index (χ1n) is 6.64. The molecule has 0 saturated carbocycles. The average molecular weight is 306 g/mol. The first-order valence-corrected chi connectivity index (χ1v) is 7.52. The third-order valence-corrected chi connectivity index (χ3v) is 4.03. The molecule has 0 saturated heterocycles. The van der Waals surface area contributed by atoms with E-state index < -0.39 is 0 Å². The van der Waals surface area contributed by atoms with Crippen LogP contribution in [0.1, 0.15) is 16.1 Å². The zero-order valence-corrected chi connectivity index (χ0v) is 12.9. The molecule has 0 aliphatic rings. The summed E-state index contributed by atoms with van der Waals surface area (Å²) in [5.41, 5.74) is 1.31. The molecule has 0 aliphatic carbocycles. The minimum Gasteiger partial charge on any atom is -0.336 e. The largest absolute Gasteiger partial charge is 0.336 e. The normalized spacial score (nSPS) is 10.4. The molecule has 0 aromatic carbocycles. The van der Waals surface area contributed by atoms with Crippen LogP contribution in [0.3, 0.4) is 0 Å². The monoisotopic (exact) mass is 306 g/mol. The van der Waals surface area contributed by atoms with Crippen molar-refractivity contribution in [2.75, 3.05) is 6.54 Å². The highest BCUT2D eigenvalue weighted by atomic mass is 32.1. The molecule has 0 atom stereocenters. The van der Waals surface area contributed by atoms with Crippen LogP contribution in [-0.2, 0) is 13.1 Å². The van der Waals surface area contributed by atoms with Crippen LogP contribution in [0.5, 0.6) is 0 Å². The summed E-state index contributed by atoms with van der Waals surface area (Å²) < 4.78 is 1.50. The van der Waals surface area contributed by atoms with Gasteiger partial charge in [0, 0.05) is 29.2 Å². The molecular formula is C14H18N4O2S. The molecule has 21 heavy (non-hydrogen) atoms. The van der Waals surface area contributed by atoms with Gasteiger partial charge in [0.05, 0.1) is 12.9 Å². The van der Waals surface area contributed by atoms with E-state index in [-0.39, 0.29) is 11.6 Å². The van der Waals surface area contributed by atoms with E-state index in [9.17, 15) is 9.59 Å². The van der Waals surface area contributed by atoms with Crippen LogP contribution < -0.4 is 16.2 Å². The van der Waals surface area contributed by atoms with Crippen molar-refractivity contribution >= 4 is 17.4 Å². The van der Waals surface area contributed by atoms with E-state index in [0.29, 0.717) is 25.2 Å². The predicted octanol–water partition coefficient (Wildman–Crippen LogP) is 1.42. The number of hydrogen-bond donors (Lipinski definition) is 2. The van der Waals surface area contributed by atoms with Gasteiger partial charge in [-0.2, -0.15) is 0 Å². The van der Waals surface area contributed by atoms with Crippen molar-refractivity contribution in [1.82, 2.24) is 20.2 Å². The molecule has 0 fully saturated rings. The van der Waals surface area contributed by atoms with Crippen molar-refractivity contribution in [3.8, 4) is 0 Å². The number of carbonyl (C=O) groups is 1. The number of hydrogen-bond acceptors (Lipinski definition) is 4. The number of nitrogens with one attached hydrogen (secondary N) is 2. The number of rotatable bonds is 5. The first kappa shape index (κ1) is 15.2. The Bertz CT molecular complexity index is 664. The van der Waals surface area contributed by atoms with E-state index in [0.717, 1.165) is 10.6 Å². The minimum atomic E-state index is -0.242. The topological polar surface area (TPSA) is 76.0 Å². The molecule has 2 aromatic rings. The molecule has 0 spiro atoms. The Kier molecular flexibility index (Phi) is 5.10. The highest BCUT2D eigenvalue weighted by molar-refractivity contribution is 7.09. The van der Waals surface area contributed by atoms with E-state index in [4.69, 9.17) is 0 Å². The number of thiophene rings is 1. The van der Waals surface area contributed by atoms with Gasteiger partial charge in [-0.3, -0.25) is 9.36 Å². The number of urea groups is 1. The van der Waals surface area contributed by atoms with Crippen molar-refractivity contribution in [3.63, 3.8) is 0 Å². The minimum absolute atomic E-state index is 0.0664. The summed E-state index contributed by atoms with van der Waals surface area (Å²) in [6, 6.07) is 3.66. The Morgan fingerprint density at radius 1 is 1.38 bits per heavy atom. The van der Waals surface area contributed by atoms with Crippen LogP contribution in [0, 0.1) is 13.8 Å². The fourth-order valence-corrected chi connectivity index (χ4v) is 2.41. The van der Waals surface area contributed by atoms with Crippen LogP contribution in [0.15, 0.2) is 28.6 Å². The van der Waals surface area contributed by atoms with Gasteiger partial charge in [-0.25, -0.2) is 9.78 Å². The van der Waals surface area contributed by atoms with E-state index in [1.165, 1.54) is 10.9 Å². The van der Waals surface area contributed by atoms with Crippen molar-refractivity contribution in [2.24, 2.45) is 0 Å². The lowest BCUT2D eigenvalue weighted by molar-refractivity contribution is 0.240. The van der Waals surface area contributed by atoms with Gasteiger partial charge in [-0.1, -0.05) is 6.07 Å². The summed E-state index contributed by atoms with van der Waals surface area (Å²) in [6.45, 7) is 4.84. The predicted molar refractivity (Wildman–Crippen MR) is 82.5 cm³/mol. The van der Waals surface area contributed by atoms with Crippen LogP contribution in [0.25, 0.3) is 0 Å². The van der Waals surface area contributed by atoms with Crippen molar-refractivity contribution in [1.29, 1.82) is 0 Å². The molecule has 2 heterocycles. The van der Waals surface area contributed by atoms with Gasteiger partial charge in [-0.15, -0.1) is 11.3 Å². The fourth-order valence-electron chi connectivity index (χ4n) is 1.77. The van der Waals surface area contributed by atoms with E-state index in [1.807, 2.05) is 17.5 Å². The van der Waals surface area contributed by atoms with Gasteiger partial charge in [0.1, 0.15) is 0 Å². The van der Waals surface area contributed by atoms with Crippen LogP contribution in [0.2, 0.25) is 0 Å². The highest BCUT2D eigenvalue weighted by Crippen LogP contribution is 2.06. The Morgan fingerprint density at radius 2 is 2.19 bits per heavy atom. The van der Waals surface area contributed by atoms with Gasteiger partial charge in [-0.05, 0) is 25.3 Å². The maximum Gasteiger partial charge on any atom is 0.315 e. The number of amides is 2. The van der Waals surface area contributed by atoms with Gasteiger partial charge >= 0.3 is 6.03 Å². The Balaban J connectivity index is 1.78. The SMILES string of the molecule is Cc1ncn(CCNC(=O)NCc2cccs2)c(=O)c1C. The standard InChI is InChI=1S/C14H18N4O2S/c1-10-11(2)17-9-18(13(10)19)6-5-15-14(20)16-8-12-4-3-7-21-12/h3-4,7,9H,5-6,8H2,1-2H3,(H2,15,16,20). The van der Waals surface area contributed by atoms with Crippen LogP contribution >= 0.6 is 11.3 Å². The quantitative estimate of drug-likeness (QED) is 0.877. The smallest absolute Gasteiger partial charge is 0.315 e. The zero-order valence-electron chi connectivity index (χ0n) is 12.0. The number of aryl methyl sites for hydroxylation is 1. The second-order valence-corrected chi connectivity index (χ2v) is 5.67. The lowest BCUT2D eigenvalue weighted by Gasteiger charge is -2.09. The summed E-state index contributed by atoms with van der Waals surface area (Å²) in [4.78, 5) is 28.8. The molecule has 6 nitrogen and oxygen atoms in total. The second-order valence-electron chi connectivity index (χ2n) is 4.64. The van der Waals surface area contributed by atoms with E-state index in [2.05, 4.69) is 15.6 Å². The fraction of sp³-hybridized carbons (Fsp3) is 0.357. The van der Waals surface area contributed by atoms with Gasteiger partial charge < -0.3 is 10.6 Å². The number of nitrogens with zero attached hydrogens (tertiary/aromatic N) is 2. The molecule has 0 bridgehead atoms. The number of aromatic nitrogens is 2. The average Bonchev–Trinajstić information content (AvgIpc) is 2.98. The summed E-state index contributed by atoms with van der Waals surface area (Å²) >= 11 is 1.59. The summed E-state index contributed by atoms with van der Waals surface area (Å²) in [7, 11) is 0. The lowest BCUT2D eigenvalue weighted by Crippen LogP contribution is -2.38. The summed E-state index contributed by atoms with van der Waals surface area (Å²) in [5.74, 6) is 0. The van der Waals surface area contributed by atoms with Crippen molar-refractivity contribution in [3.05, 3.63) is 50.3 Å². The van der Waals surface area contributed by atoms with E-state index in [1.54, 1.807) is 25.2 Å². The van der Waals surface area contributed by atoms with Gasteiger partial charge in [0.25, 0.3) is 5.56 Å². The molecule has 2 amide bonds. The molecule has 2 aromatic heterocycles. The molecule has 112 valence electrons. The lowest BCUT2D eigenvalue weighted by atomic mass is 10.3. The molecule has 0 unspecified atom stereocenters. The molecule has 0 aliphatic heterocycles. The maximum absolute atomic E-state index is 11.9. The van der Waals surface area contributed by atoms with Gasteiger partial charge in [0.15, 0.2) is 0 Å². The Hall–Kier alpha value is -2.15. The van der Waals surface area contributed by atoms with E-state index >= 15 is 0 Å². The highest BCUT2D eigenvalue weighted by Gasteiger charge is 2.04. The van der Waals surface area contributed by atoms with Gasteiger partial charge in [0.2, 0.25) is 0 Å². The molecule has 2 rings (SSSR count). The second kappa shape index (κ2) is 7.03. The van der Waals surface area contributed by atoms with Crippen molar-refractivity contribution < 1.29 is 4.79 Å². The van der Waals surface area contributed by atoms with Crippen molar-refractivity contribution in [2.45, 2.75) is 26.9 Å². The molecule has 2 N–H and O–H groups in total. The number of carbonyl (C=O) groups excluding carboxylic acids is 1. The Morgan fingerprint density at radius 3 is 2.90 bits per heavy atom. The first-order chi connectivity index (χ1) is 10.1. The third kappa shape index (κ3) is 4.16. The summed E-state index contributed by atoms with van der Waals surface area (Å²) in [5, 5.41) is 7.45. The zero-order chi connectivity index (χ0) is 15.2.